The quantitative estimate of drug-likeness (QED) is 0.595. The summed E-state index contributed by atoms with van der Waals surface area (Å²) in [5.41, 5.74) is 2.99. The number of pyridine rings is 1. The van der Waals surface area contributed by atoms with Gasteiger partial charge in [-0.1, -0.05) is 0 Å². The van der Waals surface area contributed by atoms with Crippen molar-refractivity contribution in [3.8, 4) is 0 Å². The normalized spacial score (nSPS) is 9.64. The highest BCUT2D eigenvalue weighted by Gasteiger charge is 1.95. The van der Waals surface area contributed by atoms with Gasteiger partial charge in [0.15, 0.2) is 0 Å². The second-order valence-electron chi connectivity index (χ2n) is 2.65. The Labute approximate surface area is 66.3 Å². The molecule has 11 heavy (non-hydrogen) atoms. The second-order valence-corrected chi connectivity index (χ2v) is 2.65. The Hall–Kier alpha value is -1.18. The van der Waals surface area contributed by atoms with Gasteiger partial charge in [-0.2, -0.15) is 0 Å². The SMILES string of the molecule is Cc1cc(C)nc(CC=O)c1. The van der Waals surface area contributed by atoms with Crippen molar-refractivity contribution in [2.45, 2.75) is 20.3 Å². The lowest BCUT2D eigenvalue weighted by Crippen LogP contribution is -1.93. The maximum atomic E-state index is 10.2. The average Bonchev–Trinajstić information content (AvgIpc) is 1.85. The van der Waals surface area contributed by atoms with Crippen LogP contribution < -0.4 is 0 Å². The largest absolute Gasteiger partial charge is 0.303 e. The van der Waals surface area contributed by atoms with Crippen LogP contribution in [0.5, 0.6) is 0 Å². The van der Waals surface area contributed by atoms with Gasteiger partial charge in [0.05, 0.1) is 0 Å². The Morgan fingerprint density at radius 1 is 1.45 bits per heavy atom. The minimum absolute atomic E-state index is 0.419. The summed E-state index contributed by atoms with van der Waals surface area (Å²) in [6, 6.07) is 3.93. The summed E-state index contributed by atoms with van der Waals surface area (Å²) in [6.07, 6.45) is 1.30. The van der Waals surface area contributed by atoms with Crippen molar-refractivity contribution in [3.05, 3.63) is 29.1 Å². The monoisotopic (exact) mass is 149 g/mol. The van der Waals surface area contributed by atoms with Crippen LogP contribution in [0.15, 0.2) is 12.1 Å². The van der Waals surface area contributed by atoms with E-state index in [0.29, 0.717) is 6.42 Å². The maximum Gasteiger partial charge on any atom is 0.125 e. The fraction of sp³-hybridized carbons (Fsp3) is 0.333. The van der Waals surface area contributed by atoms with Crippen LogP contribution >= 0.6 is 0 Å². The van der Waals surface area contributed by atoms with Crippen LogP contribution in [0.4, 0.5) is 0 Å². The van der Waals surface area contributed by atoms with Crippen LogP contribution in [0, 0.1) is 13.8 Å². The first-order chi connectivity index (χ1) is 5.22. The Bertz CT molecular complexity index is 248. The van der Waals surface area contributed by atoms with E-state index in [0.717, 1.165) is 23.2 Å². The van der Waals surface area contributed by atoms with Crippen LogP contribution in [0.3, 0.4) is 0 Å². The van der Waals surface area contributed by atoms with E-state index in [9.17, 15) is 4.79 Å². The lowest BCUT2D eigenvalue weighted by molar-refractivity contribution is -0.107. The third-order valence-electron chi connectivity index (χ3n) is 1.44. The third kappa shape index (κ3) is 2.15. The second kappa shape index (κ2) is 3.28. The molecule has 0 N–H and O–H groups in total. The Morgan fingerprint density at radius 2 is 2.18 bits per heavy atom. The van der Waals surface area contributed by atoms with E-state index >= 15 is 0 Å². The molecule has 0 saturated carbocycles. The van der Waals surface area contributed by atoms with Gasteiger partial charge in [0.2, 0.25) is 0 Å². The molecule has 0 unspecified atom stereocenters. The summed E-state index contributed by atoms with van der Waals surface area (Å²) < 4.78 is 0. The summed E-state index contributed by atoms with van der Waals surface area (Å²) in [5, 5.41) is 0. The molecule has 0 aliphatic heterocycles. The molecule has 1 aromatic heterocycles. The van der Waals surface area contributed by atoms with Crippen LogP contribution in [0.1, 0.15) is 17.0 Å². The van der Waals surface area contributed by atoms with Crippen LogP contribution in [-0.4, -0.2) is 11.3 Å². The molecule has 2 heteroatoms. The zero-order valence-electron chi connectivity index (χ0n) is 6.79. The minimum Gasteiger partial charge on any atom is -0.303 e. The number of nitrogens with zero attached hydrogens (tertiary/aromatic N) is 1. The number of carbonyl (C=O) groups is 1. The molecule has 0 fully saturated rings. The van der Waals surface area contributed by atoms with Gasteiger partial charge in [0.1, 0.15) is 6.29 Å². The standard InChI is InChI=1S/C9H11NO/c1-7-5-8(2)10-9(6-7)3-4-11/h4-6H,3H2,1-2H3. The number of aryl methyl sites for hydroxylation is 2. The molecule has 0 aliphatic rings. The summed E-state index contributed by atoms with van der Waals surface area (Å²) in [5.74, 6) is 0. The number of rotatable bonds is 2. The van der Waals surface area contributed by atoms with Crippen molar-refractivity contribution in [2.75, 3.05) is 0 Å². The van der Waals surface area contributed by atoms with E-state index < -0.39 is 0 Å². The lowest BCUT2D eigenvalue weighted by Gasteiger charge is -1.98. The molecule has 0 saturated heterocycles. The van der Waals surface area contributed by atoms with Crippen molar-refractivity contribution in [3.63, 3.8) is 0 Å². The van der Waals surface area contributed by atoms with Gasteiger partial charge < -0.3 is 4.79 Å². The predicted molar refractivity (Wildman–Crippen MR) is 43.5 cm³/mol. The molecule has 0 radical (unpaired) electrons. The van der Waals surface area contributed by atoms with Crippen LogP contribution in [0.2, 0.25) is 0 Å². The van der Waals surface area contributed by atoms with E-state index in [4.69, 9.17) is 0 Å². The fourth-order valence-corrected chi connectivity index (χ4v) is 1.11. The molecule has 0 spiro atoms. The van der Waals surface area contributed by atoms with Gasteiger partial charge in [-0.05, 0) is 31.5 Å². The molecule has 0 aliphatic carbocycles. The predicted octanol–water partition coefficient (Wildman–Crippen LogP) is 1.44. The number of hydrogen-bond acceptors (Lipinski definition) is 2. The highest BCUT2D eigenvalue weighted by Crippen LogP contribution is 2.03. The van der Waals surface area contributed by atoms with Gasteiger partial charge in [0.25, 0.3) is 0 Å². The third-order valence-corrected chi connectivity index (χ3v) is 1.44. The van der Waals surface area contributed by atoms with Crippen LogP contribution in [-0.2, 0) is 11.2 Å². The van der Waals surface area contributed by atoms with Gasteiger partial charge in [-0.25, -0.2) is 0 Å². The number of carbonyl (C=O) groups excluding carboxylic acids is 1. The Balaban J connectivity index is 2.98. The van der Waals surface area contributed by atoms with E-state index in [-0.39, 0.29) is 0 Å². The van der Waals surface area contributed by atoms with Gasteiger partial charge in [-0.15, -0.1) is 0 Å². The molecule has 0 atom stereocenters. The zero-order chi connectivity index (χ0) is 8.27. The van der Waals surface area contributed by atoms with Crippen molar-refractivity contribution < 1.29 is 4.79 Å². The number of aldehydes is 1. The Kier molecular flexibility index (Phi) is 2.36. The number of hydrogen-bond donors (Lipinski definition) is 0. The van der Waals surface area contributed by atoms with Gasteiger partial charge in [-0.3, -0.25) is 4.98 Å². The average molecular weight is 149 g/mol. The van der Waals surface area contributed by atoms with E-state index in [1.54, 1.807) is 0 Å². The molecule has 1 rings (SSSR count). The zero-order valence-corrected chi connectivity index (χ0v) is 6.79. The summed E-state index contributed by atoms with van der Waals surface area (Å²) >= 11 is 0. The maximum absolute atomic E-state index is 10.2. The van der Waals surface area contributed by atoms with E-state index in [1.807, 2.05) is 26.0 Å². The first-order valence-corrected chi connectivity index (χ1v) is 3.60. The molecule has 1 aromatic rings. The molecular formula is C9H11NO. The van der Waals surface area contributed by atoms with E-state index in [1.165, 1.54) is 0 Å². The first-order valence-electron chi connectivity index (χ1n) is 3.60. The fourth-order valence-electron chi connectivity index (χ4n) is 1.11. The molecule has 1 heterocycles. The number of aromatic nitrogens is 1. The van der Waals surface area contributed by atoms with Gasteiger partial charge >= 0.3 is 0 Å². The minimum atomic E-state index is 0.419. The molecule has 58 valence electrons. The summed E-state index contributed by atoms with van der Waals surface area (Å²) in [7, 11) is 0. The molecular weight excluding hydrogens is 138 g/mol. The highest BCUT2D eigenvalue weighted by atomic mass is 16.1. The van der Waals surface area contributed by atoms with E-state index in [2.05, 4.69) is 4.98 Å². The summed E-state index contributed by atoms with van der Waals surface area (Å²) in [6.45, 7) is 3.93. The highest BCUT2D eigenvalue weighted by molar-refractivity contribution is 5.53. The molecule has 0 bridgehead atoms. The topological polar surface area (TPSA) is 30.0 Å². The van der Waals surface area contributed by atoms with Crippen molar-refractivity contribution in [2.24, 2.45) is 0 Å². The summed E-state index contributed by atoms with van der Waals surface area (Å²) in [4.78, 5) is 14.3. The van der Waals surface area contributed by atoms with Crippen molar-refractivity contribution >= 4 is 6.29 Å². The lowest BCUT2D eigenvalue weighted by atomic mass is 10.2. The van der Waals surface area contributed by atoms with Gasteiger partial charge in [0, 0.05) is 17.8 Å². The molecule has 0 amide bonds. The molecule has 2 nitrogen and oxygen atoms in total. The molecule has 0 aromatic carbocycles. The smallest absolute Gasteiger partial charge is 0.125 e. The Morgan fingerprint density at radius 3 is 2.73 bits per heavy atom. The van der Waals surface area contributed by atoms with Crippen molar-refractivity contribution in [1.82, 2.24) is 4.98 Å². The van der Waals surface area contributed by atoms with Crippen LogP contribution in [0.25, 0.3) is 0 Å². The van der Waals surface area contributed by atoms with Crippen molar-refractivity contribution in [1.29, 1.82) is 0 Å². The first kappa shape index (κ1) is 7.92.